The van der Waals surface area contributed by atoms with Crippen LogP contribution in [0.25, 0.3) is 0 Å². The SMILES string of the molecule is COc1ccc([Si](C)(C)[C@H]2[C@H](CCn3cc(C(CO)c4ccccc4)nn3)O[C@@]3(C(=O)N(Cc4ccc(NC(=O)[C@H](C)O)cc4)c4ccc(Br)cc43)[C@@H]2C)cc1. The lowest BCUT2D eigenvalue weighted by molar-refractivity contribution is -0.146. The molecular formula is C43H48BrN5O6Si. The molecule has 0 aliphatic carbocycles. The van der Waals surface area contributed by atoms with E-state index in [0.717, 1.165) is 32.6 Å². The Balaban J connectivity index is 1.22. The van der Waals surface area contributed by atoms with Crippen molar-refractivity contribution >= 4 is 52.4 Å². The summed E-state index contributed by atoms with van der Waals surface area (Å²) in [6, 6.07) is 31.4. The van der Waals surface area contributed by atoms with Crippen LogP contribution in [0, 0.1) is 5.92 Å². The normalized spacial score (nSPS) is 21.6. The van der Waals surface area contributed by atoms with Gasteiger partial charge in [0, 0.05) is 34.4 Å². The van der Waals surface area contributed by atoms with Gasteiger partial charge in [0.05, 0.1) is 51.7 Å². The maximum Gasteiger partial charge on any atom is 0.264 e. The van der Waals surface area contributed by atoms with Gasteiger partial charge in [0.25, 0.3) is 11.8 Å². The molecule has 0 saturated carbocycles. The molecule has 7 rings (SSSR count). The lowest BCUT2D eigenvalue weighted by atomic mass is 9.82. The van der Waals surface area contributed by atoms with Crippen molar-refractivity contribution in [3.05, 3.63) is 130 Å². The molecule has 0 radical (unpaired) electrons. The Kier molecular flexibility index (Phi) is 11.3. The quantitative estimate of drug-likeness (QED) is 0.117. The minimum Gasteiger partial charge on any atom is -0.497 e. The van der Waals surface area contributed by atoms with Crippen LogP contribution in [0.15, 0.2) is 108 Å². The van der Waals surface area contributed by atoms with E-state index in [9.17, 15) is 15.0 Å². The van der Waals surface area contributed by atoms with Crippen molar-refractivity contribution in [2.75, 3.05) is 23.9 Å². The molecule has 1 saturated heterocycles. The van der Waals surface area contributed by atoms with E-state index in [2.05, 4.69) is 63.7 Å². The maximum atomic E-state index is 15.2. The third kappa shape index (κ3) is 7.34. The Labute approximate surface area is 336 Å². The lowest BCUT2D eigenvalue weighted by Gasteiger charge is -2.37. The van der Waals surface area contributed by atoms with E-state index in [0.29, 0.717) is 30.9 Å². The molecular weight excluding hydrogens is 790 g/mol. The Morgan fingerprint density at radius 3 is 2.43 bits per heavy atom. The molecule has 4 aromatic carbocycles. The average Bonchev–Trinajstić information content (AvgIpc) is 3.85. The van der Waals surface area contributed by atoms with E-state index in [-0.39, 0.29) is 36.0 Å². The molecule has 13 heteroatoms. The topological polar surface area (TPSA) is 139 Å². The summed E-state index contributed by atoms with van der Waals surface area (Å²) in [7, 11) is -0.719. The second-order valence-corrected chi connectivity index (χ2v) is 21.0. The number of nitrogens with one attached hydrogen (secondary N) is 1. The highest BCUT2D eigenvalue weighted by Crippen LogP contribution is 2.60. The number of carbonyl (C=O) groups excluding carboxylic acids is 2. The molecule has 1 fully saturated rings. The predicted octanol–water partition coefficient (Wildman–Crippen LogP) is 6.35. The van der Waals surface area contributed by atoms with Crippen molar-refractivity contribution in [2.24, 2.45) is 5.92 Å². The number of ether oxygens (including phenoxy) is 2. The van der Waals surface area contributed by atoms with Crippen molar-refractivity contribution in [2.45, 2.75) is 75.7 Å². The smallest absolute Gasteiger partial charge is 0.264 e. The summed E-state index contributed by atoms with van der Waals surface area (Å²) >= 11 is 3.70. The van der Waals surface area contributed by atoms with Crippen molar-refractivity contribution in [1.29, 1.82) is 0 Å². The summed E-state index contributed by atoms with van der Waals surface area (Å²) in [6.45, 7) is 9.05. The maximum absolute atomic E-state index is 15.2. The van der Waals surface area contributed by atoms with Crippen molar-refractivity contribution in [3.8, 4) is 5.75 Å². The van der Waals surface area contributed by atoms with Gasteiger partial charge in [0.2, 0.25) is 0 Å². The highest BCUT2D eigenvalue weighted by molar-refractivity contribution is 9.10. The van der Waals surface area contributed by atoms with E-state index in [1.54, 1.807) is 19.2 Å². The first-order valence-corrected chi connectivity index (χ1v) is 22.8. The number of aliphatic hydroxyl groups is 2. The van der Waals surface area contributed by atoms with Crippen LogP contribution < -0.4 is 20.1 Å². The summed E-state index contributed by atoms with van der Waals surface area (Å²) in [5.41, 5.74) is 3.54. The molecule has 11 nitrogen and oxygen atoms in total. The zero-order valence-corrected chi connectivity index (χ0v) is 34.8. The number of hydrogen-bond acceptors (Lipinski definition) is 8. The van der Waals surface area contributed by atoms with Crippen molar-refractivity contribution in [1.82, 2.24) is 15.0 Å². The number of amides is 2. The number of rotatable bonds is 13. The van der Waals surface area contributed by atoms with Crippen LogP contribution in [0.3, 0.4) is 0 Å². The Bertz CT molecular complexity index is 2180. The number of aromatic nitrogens is 3. The van der Waals surface area contributed by atoms with Gasteiger partial charge in [-0.05, 0) is 72.5 Å². The zero-order chi connectivity index (χ0) is 39.8. The number of fused-ring (bicyclic) bond motifs is 2. The van der Waals surface area contributed by atoms with Crippen LogP contribution in [0.5, 0.6) is 5.75 Å². The van der Waals surface area contributed by atoms with E-state index in [1.165, 1.54) is 12.1 Å². The average molecular weight is 839 g/mol. The molecule has 292 valence electrons. The molecule has 2 aliphatic rings. The molecule has 3 N–H and O–H groups in total. The highest BCUT2D eigenvalue weighted by atomic mass is 79.9. The van der Waals surface area contributed by atoms with E-state index in [4.69, 9.17) is 9.47 Å². The number of aliphatic hydroxyl groups excluding tert-OH is 2. The first kappa shape index (κ1) is 39.6. The fraction of sp³-hybridized carbons (Fsp3) is 0.349. The van der Waals surface area contributed by atoms with Gasteiger partial charge in [-0.15, -0.1) is 5.10 Å². The standard InChI is InChI=1S/C43H48BrN5O6Si/c1-27-40(56(4,5)34-18-16-33(54-3)17-19-34)39(21-22-48-25-37(46-47-48)35(26-50)30-9-7-6-8-10-30)55-43(27)36-23-31(44)13-20-38(36)49(42(43)53)24-29-11-14-32(15-12-29)45-41(52)28(2)51/h6-20,23,25,27-28,35,39-40,50-51H,21-22,24,26H2,1-5H3,(H,45,52)/t27-,28+,35?,39+,40-,43+/m1/s1. The minimum absolute atomic E-state index is 0.0286. The first-order valence-electron chi connectivity index (χ1n) is 19.0. The first-order chi connectivity index (χ1) is 26.9. The molecule has 3 heterocycles. The summed E-state index contributed by atoms with van der Waals surface area (Å²) in [6.07, 6.45) is 1.07. The molecule has 1 unspecified atom stereocenters. The molecule has 6 atom stereocenters. The van der Waals surface area contributed by atoms with Gasteiger partial charge in [-0.2, -0.15) is 0 Å². The molecule has 1 spiro atoms. The van der Waals surface area contributed by atoms with Crippen LogP contribution in [0.4, 0.5) is 11.4 Å². The van der Waals surface area contributed by atoms with Gasteiger partial charge in [0.15, 0.2) is 5.60 Å². The number of carbonyl (C=O) groups is 2. The Morgan fingerprint density at radius 2 is 1.77 bits per heavy atom. The number of anilines is 2. The summed E-state index contributed by atoms with van der Waals surface area (Å²) in [4.78, 5) is 29.1. The minimum atomic E-state index is -2.38. The number of halogens is 1. The largest absolute Gasteiger partial charge is 0.497 e. The van der Waals surface area contributed by atoms with Gasteiger partial charge in [0.1, 0.15) is 11.9 Å². The van der Waals surface area contributed by atoms with E-state index < -0.39 is 25.7 Å². The number of benzene rings is 4. The van der Waals surface area contributed by atoms with Crippen LogP contribution in [0.2, 0.25) is 18.6 Å². The fourth-order valence-corrected chi connectivity index (χ4v) is 13.2. The van der Waals surface area contributed by atoms with Crippen molar-refractivity contribution < 1.29 is 29.3 Å². The van der Waals surface area contributed by atoms with Gasteiger partial charge in [-0.3, -0.25) is 14.3 Å². The van der Waals surface area contributed by atoms with Crippen LogP contribution in [-0.4, -0.2) is 71.0 Å². The molecule has 2 aliphatic heterocycles. The number of methoxy groups -OCH3 is 1. The molecule has 5 aromatic rings. The van der Waals surface area contributed by atoms with Gasteiger partial charge in [-0.25, -0.2) is 0 Å². The second-order valence-electron chi connectivity index (χ2n) is 15.4. The fourth-order valence-electron chi connectivity index (χ4n) is 8.73. The zero-order valence-electron chi connectivity index (χ0n) is 32.2. The number of nitrogens with zero attached hydrogens (tertiary/aromatic N) is 4. The third-order valence-corrected chi connectivity index (χ3v) is 16.5. The highest BCUT2D eigenvalue weighted by Gasteiger charge is 2.66. The van der Waals surface area contributed by atoms with Crippen LogP contribution >= 0.6 is 15.9 Å². The summed E-state index contributed by atoms with van der Waals surface area (Å²) in [5.74, 6) is -0.283. The van der Waals surface area contributed by atoms with Crippen LogP contribution in [0.1, 0.15) is 48.6 Å². The molecule has 56 heavy (non-hydrogen) atoms. The number of aryl methyl sites for hydroxylation is 1. The summed E-state index contributed by atoms with van der Waals surface area (Å²) in [5, 5.41) is 32.8. The Hall–Kier alpha value is -4.66. The second kappa shape index (κ2) is 16.1. The van der Waals surface area contributed by atoms with Crippen LogP contribution in [-0.2, 0) is 33.0 Å². The Morgan fingerprint density at radius 1 is 1.05 bits per heavy atom. The van der Waals surface area contributed by atoms with Gasteiger partial charge < -0.3 is 29.9 Å². The lowest BCUT2D eigenvalue weighted by Crippen LogP contribution is -2.51. The predicted molar refractivity (Wildman–Crippen MR) is 222 cm³/mol. The monoisotopic (exact) mass is 837 g/mol. The molecule has 2 amide bonds. The third-order valence-electron chi connectivity index (χ3n) is 11.7. The van der Waals surface area contributed by atoms with E-state index in [1.807, 2.05) is 88.6 Å². The molecule has 1 aromatic heterocycles. The summed E-state index contributed by atoms with van der Waals surface area (Å²) < 4.78 is 15.5. The van der Waals surface area contributed by atoms with E-state index >= 15 is 4.79 Å². The number of hydrogen-bond donors (Lipinski definition) is 3. The molecule has 0 bridgehead atoms. The van der Waals surface area contributed by atoms with Crippen molar-refractivity contribution in [3.63, 3.8) is 0 Å². The van der Waals surface area contributed by atoms with Gasteiger partial charge >= 0.3 is 0 Å². The van der Waals surface area contributed by atoms with Gasteiger partial charge in [-0.1, -0.05) is 101 Å².